The van der Waals surface area contributed by atoms with Crippen LogP contribution in [0, 0.1) is 0 Å². The normalized spacial score (nSPS) is 11.8. The molecule has 0 aliphatic carbocycles. The van der Waals surface area contributed by atoms with Crippen LogP contribution in [0.2, 0.25) is 0 Å². The van der Waals surface area contributed by atoms with E-state index in [-0.39, 0.29) is 5.41 Å². The maximum atomic E-state index is 5.94. The lowest BCUT2D eigenvalue weighted by molar-refractivity contribution is 0.304. The van der Waals surface area contributed by atoms with E-state index in [1.165, 1.54) is 102 Å². The van der Waals surface area contributed by atoms with Gasteiger partial charge >= 0.3 is 0 Å². The second kappa shape index (κ2) is 20.4. The van der Waals surface area contributed by atoms with E-state index in [1.54, 1.807) is 0 Å². The standard InChI is InChI=1S/C28H50OS3/c1-2-3-4-5-6-7-8-9-10-11-12-13-14-15-16-17-22-29-27-20-18-26(19-21-27)28(23-30,24-31)25-32/h18-21,30-32H,2-17,22-25H2,1H3. The molecule has 1 aromatic rings. The van der Waals surface area contributed by atoms with Crippen LogP contribution >= 0.6 is 37.9 Å². The Balaban J connectivity index is 1.94. The Hall–Kier alpha value is 0.0700. The number of ether oxygens (including phenoxy) is 1. The maximum Gasteiger partial charge on any atom is 0.119 e. The third-order valence-electron chi connectivity index (χ3n) is 6.64. The molecule has 0 atom stereocenters. The third-order valence-corrected chi connectivity index (χ3v) is 8.46. The maximum absolute atomic E-state index is 5.94. The summed E-state index contributed by atoms with van der Waals surface area (Å²) in [5, 5.41) is 0. The van der Waals surface area contributed by atoms with E-state index in [2.05, 4.69) is 69.1 Å². The van der Waals surface area contributed by atoms with Gasteiger partial charge in [0.05, 0.1) is 6.61 Å². The Bertz CT molecular complexity index is 520. The lowest BCUT2D eigenvalue weighted by Crippen LogP contribution is -2.32. The molecule has 4 heteroatoms. The van der Waals surface area contributed by atoms with Gasteiger partial charge in [0.15, 0.2) is 0 Å². The van der Waals surface area contributed by atoms with Crippen LogP contribution in [0.15, 0.2) is 24.3 Å². The number of hydrogen-bond acceptors (Lipinski definition) is 4. The van der Waals surface area contributed by atoms with Crippen molar-refractivity contribution in [2.75, 3.05) is 23.9 Å². The van der Waals surface area contributed by atoms with Gasteiger partial charge in [-0.2, -0.15) is 37.9 Å². The van der Waals surface area contributed by atoms with Crippen LogP contribution in [0.25, 0.3) is 0 Å². The molecule has 0 aromatic heterocycles. The molecule has 1 nitrogen and oxygen atoms in total. The summed E-state index contributed by atoms with van der Waals surface area (Å²) in [7, 11) is 0. The SMILES string of the molecule is CCCCCCCCCCCCCCCCCCOc1ccc(C(CS)(CS)CS)cc1. The fourth-order valence-corrected chi connectivity index (χ4v) is 5.92. The van der Waals surface area contributed by atoms with Crippen molar-refractivity contribution >= 4 is 37.9 Å². The quantitative estimate of drug-likeness (QED) is 0.107. The van der Waals surface area contributed by atoms with Crippen LogP contribution in [-0.2, 0) is 5.41 Å². The van der Waals surface area contributed by atoms with E-state index in [0.29, 0.717) is 0 Å². The molecular formula is C28H50OS3. The summed E-state index contributed by atoms with van der Waals surface area (Å²) in [5.74, 6) is 3.21. The van der Waals surface area contributed by atoms with Crippen molar-refractivity contribution in [3.8, 4) is 5.75 Å². The van der Waals surface area contributed by atoms with Gasteiger partial charge in [-0.15, -0.1) is 0 Å². The van der Waals surface area contributed by atoms with Gasteiger partial charge in [-0.05, 0) is 24.1 Å². The summed E-state index contributed by atoms with van der Waals surface area (Å²) in [6.45, 7) is 3.11. The van der Waals surface area contributed by atoms with E-state index < -0.39 is 0 Å². The number of rotatable bonds is 22. The Morgan fingerprint density at radius 3 is 1.31 bits per heavy atom. The van der Waals surface area contributed by atoms with Crippen molar-refractivity contribution < 1.29 is 4.74 Å². The van der Waals surface area contributed by atoms with Crippen molar-refractivity contribution in [2.45, 2.75) is 115 Å². The molecule has 0 amide bonds. The summed E-state index contributed by atoms with van der Waals surface area (Å²) in [4.78, 5) is 0. The zero-order valence-corrected chi connectivity index (χ0v) is 23.4. The highest BCUT2D eigenvalue weighted by Gasteiger charge is 2.27. The highest BCUT2D eigenvalue weighted by Crippen LogP contribution is 2.30. The first-order valence-electron chi connectivity index (χ1n) is 13.3. The Morgan fingerprint density at radius 2 is 0.938 bits per heavy atom. The Labute approximate surface area is 216 Å². The van der Waals surface area contributed by atoms with Gasteiger partial charge in [0.1, 0.15) is 5.75 Å². The van der Waals surface area contributed by atoms with Gasteiger partial charge in [0.2, 0.25) is 0 Å². The van der Waals surface area contributed by atoms with Crippen LogP contribution in [0.3, 0.4) is 0 Å². The molecule has 1 rings (SSSR count). The monoisotopic (exact) mass is 498 g/mol. The molecule has 32 heavy (non-hydrogen) atoms. The Morgan fingerprint density at radius 1 is 0.562 bits per heavy atom. The van der Waals surface area contributed by atoms with Gasteiger partial charge in [0, 0.05) is 22.7 Å². The number of benzene rings is 1. The van der Waals surface area contributed by atoms with Crippen molar-refractivity contribution in [3.63, 3.8) is 0 Å². The summed E-state index contributed by atoms with van der Waals surface area (Å²) >= 11 is 13.5. The predicted octanol–water partition coefficient (Wildman–Crippen LogP) is 9.35. The first-order chi connectivity index (χ1) is 15.7. The molecule has 1 aromatic carbocycles. The van der Waals surface area contributed by atoms with Crippen LogP contribution < -0.4 is 4.74 Å². The van der Waals surface area contributed by atoms with Gasteiger partial charge in [-0.3, -0.25) is 0 Å². The van der Waals surface area contributed by atoms with E-state index in [4.69, 9.17) is 4.74 Å². The summed E-state index contributed by atoms with van der Waals surface area (Å²) in [5.41, 5.74) is 1.18. The van der Waals surface area contributed by atoms with Crippen molar-refractivity contribution in [1.82, 2.24) is 0 Å². The lowest BCUT2D eigenvalue weighted by Gasteiger charge is -2.29. The van der Waals surface area contributed by atoms with Gasteiger partial charge < -0.3 is 4.74 Å². The molecule has 0 fully saturated rings. The summed E-state index contributed by atoms with van der Waals surface area (Å²) in [6.07, 6.45) is 22.3. The number of hydrogen-bond donors (Lipinski definition) is 3. The van der Waals surface area contributed by atoms with Crippen molar-refractivity contribution in [1.29, 1.82) is 0 Å². The second-order valence-corrected chi connectivity index (χ2v) is 10.4. The lowest BCUT2D eigenvalue weighted by atomic mass is 9.86. The predicted molar refractivity (Wildman–Crippen MR) is 155 cm³/mol. The molecule has 0 saturated heterocycles. The van der Waals surface area contributed by atoms with Crippen LogP contribution in [0.5, 0.6) is 5.75 Å². The van der Waals surface area contributed by atoms with Gasteiger partial charge in [0.25, 0.3) is 0 Å². The molecule has 186 valence electrons. The molecular weight excluding hydrogens is 449 g/mol. The van der Waals surface area contributed by atoms with E-state index >= 15 is 0 Å². The minimum atomic E-state index is -0.0677. The first-order valence-corrected chi connectivity index (χ1v) is 15.2. The van der Waals surface area contributed by atoms with Crippen molar-refractivity contribution in [3.05, 3.63) is 29.8 Å². The van der Waals surface area contributed by atoms with Gasteiger partial charge in [-0.25, -0.2) is 0 Å². The first kappa shape index (κ1) is 30.1. The topological polar surface area (TPSA) is 9.23 Å². The molecule has 0 radical (unpaired) electrons. The van der Waals surface area contributed by atoms with Crippen LogP contribution in [-0.4, -0.2) is 23.9 Å². The van der Waals surface area contributed by atoms with E-state index in [1.807, 2.05) is 0 Å². The smallest absolute Gasteiger partial charge is 0.119 e. The minimum absolute atomic E-state index is 0.0677. The van der Waals surface area contributed by atoms with E-state index in [9.17, 15) is 0 Å². The molecule has 0 aliphatic rings. The average molecular weight is 499 g/mol. The number of unbranched alkanes of at least 4 members (excludes halogenated alkanes) is 15. The van der Waals surface area contributed by atoms with Crippen LogP contribution in [0.1, 0.15) is 115 Å². The average Bonchev–Trinajstić information content (AvgIpc) is 2.83. The minimum Gasteiger partial charge on any atom is -0.494 e. The van der Waals surface area contributed by atoms with E-state index in [0.717, 1.165) is 36.0 Å². The van der Waals surface area contributed by atoms with Crippen LogP contribution in [0.4, 0.5) is 0 Å². The molecule has 0 aliphatic heterocycles. The summed E-state index contributed by atoms with van der Waals surface area (Å²) in [6, 6.07) is 8.44. The zero-order valence-electron chi connectivity index (χ0n) is 20.7. The zero-order chi connectivity index (χ0) is 23.3. The highest BCUT2D eigenvalue weighted by molar-refractivity contribution is 7.82. The number of thiol groups is 3. The Kier molecular flexibility index (Phi) is 19.2. The fraction of sp³-hybridized carbons (Fsp3) is 0.786. The van der Waals surface area contributed by atoms with Gasteiger partial charge in [-0.1, -0.05) is 115 Å². The van der Waals surface area contributed by atoms with Crippen molar-refractivity contribution in [2.24, 2.45) is 0 Å². The fourth-order valence-electron chi connectivity index (χ4n) is 4.17. The third kappa shape index (κ3) is 13.1. The molecule has 0 bridgehead atoms. The molecule has 0 heterocycles. The molecule has 0 saturated carbocycles. The summed E-state index contributed by atoms with van der Waals surface area (Å²) < 4.78 is 5.94. The molecule has 0 spiro atoms. The molecule has 0 unspecified atom stereocenters. The second-order valence-electron chi connectivity index (χ2n) is 9.43. The molecule has 0 N–H and O–H groups in total. The highest BCUT2D eigenvalue weighted by atomic mass is 32.1. The largest absolute Gasteiger partial charge is 0.494 e.